The lowest BCUT2D eigenvalue weighted by Crippen LogP contribution is -2.49. The molecular weight excluding hydrogens is 462 g/mol. The topological polar surface area (TPSA) is 78.8 Å². The number of anilines is 1. The molecule has 8 nitrogen and oxygen atoms in total. The highest BCUT2D eigenvalue weighted by atomic mass is 35.5. The van der Waals surface area contributed by atoms with Crippen LogP contribution in [-0.4, -0.2) is 72.6 Å². The van der Waals surface area contributed by atoms with Crippen molar-refractivity contribution < 1.29 is 13.2 Å². The van der Waals surface area contributed by atoms with Crippen LogP contribution >= 0.6 is 11.6 Å². The maximum Gasteiger partial charge on any atom is 0.263 e. The summed E-state index contributed by atoms with van der Waals surface area (Å²) in [5.41, 5.74) is 1.16. The van der Waals surface area contributed by atoms with Crippen LogP contribution in [0.5, 0.6) is 0 Å². The monoisotopic (exact) mass is 495 g/mol. The SMILES string of the molecule is CCCCN(CCCC)C(=O)c1cn(C)nc1S(=O)(=O)N1CCN(c2ccc(Cl)cc2)CC1. The van der Waals surface area contributed by atoms with Crippen molar-refractivity contribution in [2.45, 2.75) is 44.6 Å². The highest BCUT2D eigenvalue weighted by Gasteiger charge is 2.35. The van der Waals surface area contributed by atoms with Gasteiger partial charge in [0.05, 0.1) is 5.56 Å². The Kier molecular flexibility index (Phi) is 8.78. The number of rotatable bonds is 10. The summed E-state index contributed by atoms with van der Waals surface area (Å²) in [6, 6.07) is 7.52. The quantitative estimate of drug-likeness (QED) is 0.503. The first-order chi connectivity index (χ1) is 15.8. The Bertz CT molecular complexity index is 1020. The minimum atomic E-state index is -3.90. The zero-order chi connectivity index (χ0) is 24.0. The van der Waals surface area contributed by atoms with Crippen LogP contribution in [0.15, 0.2) is 35.5 Å². The van der Waals surface area contributed by atoms with Gasteiger partial charge < -0.3 is 9.80 Å². The summed E-state index contributed by atoms with van der Waals surface area (Å²) in [6.45, 7) is 7.13. The summed E-state index contributed by atoms with van der Waals surface area (Å²) in [4.78, 5) is 17.2. The molecule has 1 aliphatic heterocycles. The fourth-order valence-corrected chi connectivity index (χ4v) is 5.61. The number of hydrogen-bond acceptors (Lipinski definition) is 5. The Morgan fingerprint density at radius 3 is 2.15 bits per heavy atom. The largest absolute Gasteiger partial charge is 0.369 e. The lowest BCUT2D eigenvalue weighted by atomic mass is 10.2. The molecule has 1 aliphatic rings. The van der Waals surface area contributed by atoms with E-state index < -0.39 is 10.0 Å². The van der Waals surface area contributed by atoms with Gasteiger partial charge in [0, 0.05) is 63.2 Å². The fraction of sp³-hybridized carbons (Fsp3) is 0.565. The van der Waals surface area contributed by atoms with Gasteiger partial charge in [-0.25, -0.2) is 8.42 Å². The van der Waals surface area contributed by atoms with Gasteiger partial charge in [-0.1, -0.05) is 38.3 Å². The van der Waals surface area contributed by atoms with Crippen molar-refractivity contribution in [2.75, 3.05) is 44.2 Å². The van der Waals surface area contributed by atoms with E-state index in [1.807, 2.05) is 24.3 Å². The van der Waals surface area contributed by atoms with Crippen molar-refractivity contribution in [3.63, 3.8) is 0 Å². The molecule has 1 aromatic heterocycles. The molecule has 1 saturated heterocycles. The number of hydrogen-bond donors (Lipinski definition) is 0. The molecule has 0 unspecified atom stereocenters. The third-order valence-corrected chi connectivity index (χ3v) is 7.98. The van der Waals surface area contributed by atoms with Gasteiger partial charge in [-0.15, -0.1) is 0 Å². The molecular formula is C23H34ClN5O3S. The predicted molar refractivity (Wildman–Crippen MR) is 131 cm³/mol. The van der Waals surface area contributed by atoms with E-state index in [-0.39, 0.29) is 16.5 Å². The van der Waals surface area contributed by atoms with Gasteiger partial charge in [0.25, 0.3) is 15.9 Å². The van der Waals surface area contributed by atoms with Gasteiger partial charge in [0.1, 0.15) is 0 Å². The number of aryl methyl sites for hydroxylation is 1. The van der Waals surface area contributed by atoms with Crippen molar-refractivity contribution in [1.29, 1.82) is 0 Å². The first-order valence-corrected chi connectivity index (χ1v) is 13.4. The van der Waals surface area contributed by atoms with Crippen molar-refractivity contribution in [2.24, 2.45) is 7.05 Å². The van der Waals surface area contributed by atoms with E-state index in [9.17, 15) is 13.2 Å². The molecule has 0 spiro atoms. The van der Waals surface area contributed by atoms with E-state index in [0.717, 1.165) is 31.4 Å². The summed E-state index contributed by atoms with van der Waals surface area (Å²) < 4.78 is 29.9. The van der Waals surface area contributed by atoms with Gasteiger partial charge in [-0.2, -0.15) is 9.40 Å². The standard InChI is InChI=1S/C23H34ClN5O3S/c1-4-6-12-28(13-7-5-2)23(30)21-18-26(3)25-22(21)33(31,32)29-16-14-27(15-17-29)20-10-8-19(24)9-11-20/h8-11,18H,4-7,12-17H2,1-3H3. The molecule has 33 heavy (non-hydrogen) atoms. The van der Waals surface area contributed by atoms with Crippen molar-refractivity contribution in [3.8, 4) is 0 Å². The molecule has 10 heteroatoms. The maximum atomic E-state index is 13.5. The van der Waals surface area contributed by atoms with Gasteiger partial charge in [-0.05, 0) is 37.1 Å². The van der Waals surface area contributed by atoms with E-state index in [0.29, 0.717) is 44.3 Å². The third-order valence-electron chi connectivity index (χ3n) is 5.89. The second kappa shape index (κ2) is 11.4. The molecule has 1 amide bonds. The summed E-state index contributed by atoms with van der Waals surface area (Å²) in [5.74, 6) is -0.261. The molecule has 0 N–H and O–H groups in total. The number of nitrogens with zero attached hydrogens (tertiary/aromatic N) is 5. The van der Waals surface area contributed by atoms with Crippen molar-refractivity contribution in [3.05, 3.63) is 41.0 Å². The van der Waals surface area contributed by atoms with E-state index in [1.165, 1.54) is 15.2 Å². The number of amides is 1. The second-order valence-corrected chi connectivity index (χ2v) is 10.7. The van der Waals surface area contributed by atoms with Gasteiger partial charge in [-0.3, -0.25) is 9.48 Å². The van der Waals surface area contributed by atoms with Crippen molar-refractivity contribution >= 4 is 33.2 Å². The number of piperazine rings is 1. The van der Waals surface area contributed by atoms with Crippen molar-refractivity contribution in [1.82, 2.24) is 19.0 Å². The molecule has 0 atom stereocenters. The van der Waals surface area contributed by atoms with Gasteiger partial charge in [0.2, 0.25) is 5.03 Å². The number of sulfonamides is 1. The normalized spacial score (nSPS) is 15.1. The summed E-state index contributed by atoms with van der Waals surface area (Å²) in [6.07, 6.45) is 5.22. The first kappa shape index (κ1) is 25.5. The van der Waals surface area contributed by atoms with E-state index >= 15 is 0 Å². The number of unbranched alkanes of at least 4 members (excludes halogenated alkanes) is 2. The highest BCUT2D eigenvalue weighted by Crippen LogP contribution is 2.24. The average molecular weight is 496 g/mol. The molecule has 0 saturated carbocycles. The molecule has 182 valence electrons. The Labute approximate surface area is 202 Å². The number of carbonyl (C=O) groups is 1. The minimum absolute atomic E-state index is 0.145. The molecule has 1 fully saturated rings. The number of halogens is 1. The Balaban J connectivity index is 1.78. The summed E-state index contributed by atoms with van der Waals surface area (Å²) >= 11 is 5.98. The van der Waals surface area contributed by atoms with Crippen LogP contribution in [0.3, 0.4) is 0 Å². The molecule has 3 rings (SSSR count). The Morgan fingerprint density at radius 1 is 1.03 bits per heavy atom. The lowest BCUT2D eigenvalue weighted by molar-refractivity contribution is 0.0747. The number of carbonyl (C=O) groups excluding carboxylic acids is 1. The zero-order valence-corrected chi connectivity index (χ0v) is 21.3. The van der Waals surface area contributed by atoms with Crippen LogP contribution in [0.25, 0.3) is 0 Å². The molecule has 1 aromatic carbocycles. The average Bonchev–Trinajstić information content (AvgIpc) is 3.22. The molecule has 2 heterocycles. The highest BCUT2D eigenvalue weighted by molar-refractivity contribution is 7.89. The molecule has 0 bridgehead atoms. The minimum Gasteiger partial charge on any atom is -0.369 e. The smallest absolute Gasteiger partial charge is 0.263 e. The van der Waals surface area contributed by atoms with Crippen LogP contribution in [0.1, 0.15) is 49.9 Å². The fourth-order valence-electron chi connectivity index (χ4n) is 3.95. The summed E-state index contributed by atoms with van der Waals surface area (Å²) in [7, 11) is -2.25. The van der Waals surface area contributed by atoms with E-state index in [2.05, 4.69) is 23.8 Å². The first-order valence-electron chi connectivity index (χ1n) is 11.6. The maximum absolute atomic E-state index is 13.5. The Morgan fingerprint density at radius 2 is 1.61 bits per heavy atom. The van der Waals surface area contributed by atoms with E-state index in [4.69, 9.17) is 11.6 Å². The van der Waals surface area contributed by atoms with Crippen LogP contribution in [0, 0.1) is 0 Å². The van der Waals surface area contributed by atoms with Crippen LogP contribution in [-0.2, 0) is 17.1 Å². The Hall–Kier alpha value is -2.10. The van der Waals surface area contributed by atoms with Gasteiger partial charge >= 0.3 is 0 Å². The van der Waals surface area contributed by atoms with Crippen LogP contribution in [0.2, 0.25) is 5.02 Å². The zero-order valence-electron chi connectivity index (χ0n) is 19.7. The number of aromatic nitrogens is 2. The molecule has 0 aliphatic carbocycles. The van der Waals surface area contributed by atoms with Crippen LogP contribution < -0.4 is 4.90 Å². The third kappa shape index (κ3) is 6.07. The molecule has 2 aromatic rings. The van der Waals surface area contributed by atoms with Gasteiger partial charge in [0.15, 0.2) is 0 Å². The van der Waals surface area contributed by atoms with Crippen LogP contribution in [0.4, 0.5) is 5.69 Å². The summed E-state index contributed by atoms with van der Waals surface area (Å²) in [5, 5.41) is 4.74. The lowest BCUT2D eigenvalue weighted by Gasteiger charge is -2.35. The predicted octanol–water partition coefficient (Wildman–Crippen LogP) is 3.63. The second-order valence-electron chi connectivity index (χ2n) is 8.39. The van der Waals surface area contributed by atoms with E-state index in [1.54, 1.807) is 11.9 Å². The molecule has 0 radical (unpaired) electrons. The number of benzene rings is 1.